The summed E-state index contributed by atoms with van der Waals surface area (Å²) >= 11 is 0. The van der Waals surface area contributed by atoms with Gasteiger partial charge in [0.2, 0.25) is 5.76 Å². The van der Waals surface area contributed by atoms with Gasteiger partial charge in [-0.2, -0.15) is 0 Å². The van der Waals surface area contributed by atoms with Crippen LogP contribution in [-0.2, 0) is 11.3 Å². The molecule has 2 aromatic heterocycles. The summed E-state index contributed by atoms with van der Waals surface area (Å²) in [6.07, 6.45) is 1.65. The largest absolute Gasteiger partial charge is 0.463 e. The van der Waals surface area contributed by atoms with Crippen LogP contribution in [0.2, 0.25) is 0 Å². The summed E-state index contributed by atoms with van der Waals surface area (Å²) in [5.41, 5.74) is 8.18. The zero-order chi connectivity index (χ0) is 15.5. The van der Waals surface area contributed by atoms with Gasteiger partial charge >= 0.3 is 5.97 Å². The Morgan fingerprint density at radius 2 is 2.23 bits per heavy atom. The van der Waals surface area contributed by atoms with Crippen molar-refractivity contribution in [2.75, 3.05) is 12.8 Å². The zero-order valence-corrected chi connectivity index (χ0v) is 11.9. The molecule has 0 amide bonds. The van der Waals surface area contributed by atoms with Crippen LogP contribution in [0.1, 0.15) is 16.3 Å². The Morgan fingerprint density at radius 3 is 3.00 bits per heavy atom. The second-order valence-corrected chi connectivity index (χ2v) is 4.66. The molecular weight excluding hydrogens is 284 g/mol. The van der Waals surface area contributed by atoms with Gasteiger partial charge in [0, 0.05) is 11.3 Å². The zero-order valence-electron chi connectivity index (χ0n) is 11.9. The summed E-state index contributed by atoms with van der Waals surface area (Å²) in [7, 11) is 1.31. The standard InChI is InChI=1S/C15H14N4O3/c1-21-15(20)14-6-5-12(22-14)9-19-13(8-17-18-19)10-3-2-4-11(16)7-10/h2-8H,9,16H2,1H3. The Kier molecular flexibility index (Phi) is 3.61. The van der Waals surface area contributed by atoms with E-state index in [1.807, 2.05) is 24.3 Å². The molecule has 0 fully saturated rings. The summed E-state index contributed by atoms with van der Waals surface area (Å²) in [6, 6.07) is 10.7. The highest BCUT2D eigenvalue weighted by Crippen LogP contribution is 2.21. The van der Waals surface area contributed by atoms with Crippen molar-refractivity contribution in [2.45, 2.75) is 6.54 Å². The Morgan fingerprint density at radius 1 is 1.36 bits per heavy atom. The maximum atomic E-state index is 11.4. The van der Waals surface area contributed by atoms with Crippen molar-refractivity contribution in [3.05, 3.63) is 54.1 Å². The molecule has 1 aromatic carbocycles. The number of nitrogens with two attached hydrogens (primary N) is 1. The van der Waals surface area contributed by atoms with Crippen LogP contribution in [0.3, 0.4) is 0 Å². The highest BCUT2D eigenvalue weighted by molar-refractivity contribution is 5.86. The number of ether oxygens (including phenoxy) is 1. The lowest BCUT2D eigenvalue weighted by molar-refractivity contribution is 0.0563. The molecule has 0 aliphatic carbocycles. The van der Waals surface area contributed by atoms with E-state index in [1.54, 1.807) is 23.0 Å². The second kappa shape index (κ2) is 5.72. The number of nitrogen functional groups attached to an aromatic ring is 1. The van der Waals surface area contributed by atoms with Gasteiger partial charge in [-0.25, -0.2) is 9.48 Å². The van der Waals surface area contributed by atoms with Crippen molar-refractivity contribution >= 4 is 11.7 Å². The lowest BCUT2D eigenvalue weighted by atomic mass is 10.1. The second-order valence-electron chi connectivity index (χ2n) is 4.66. The van der Waals surface area contributed by atoms with Crippen LogP contribution < -0.4 is 5.73 Å². The predicted molar refractivity (Wildman–Crippen MR) is 79.0 cm³/mol. The molecule has 0 saturated heterocycles. The number of hydrogen-bond acceptors (Lipinski definition) is 6. The van der Waals surface area contributed by atoms with Crippen LogP contribution in [0.15, 0.2) is 47.0 Å². The minimum Gasteiger partial charge on any atom is -0.463 e. The van der Waals surface area contributed by atoms with Gasteiger partial charge in [-0.15, -0.1) is 5.10 Å². The fourth-order valence-corrected chi connectivity index (χ4v) is 2.12. The highest BCUT2D eigenvalue weighted by Gasteiger charge is 2.13. The first kappa shape index (κ1) is 13.9. The number of esters is 1. The topological polar surface area (TPSA) is 96.2 Å². The van der Waals surface area contributed by atoms with Crippen LogP contribution in [0.4, 0.5) is 5.69 Å². The van der Waals surface area contributed by atoms with E-state index in [0.29, 0.717) is 18.0 Å². The molecule has 0 spiro atoms. The van der Waals surface area contributed by atoms with Gasteiger partial charge in [0.1, 0.15) is 12.3 Å². The molecule has 7 heteroatoms. The predicted octanol–water partition coefficient (Wildman–Crippen LogP) is 1.96. The van der Waals surface area contributed by atoms with Crippen LogP contribution in [0.5, 0.6) is 0 Å². The van der Waals surface area contributed by atoms with Crippen LogP contribution in [0.25, 0.3) is 11.3 Å². The maximum Gasteiger partial charge on any atom is 0.373 e. The fraction of sp³-hybridized carbons (Fsp3) is 0.133. The number of hydrogen-bond donors (Lipinski definition) is 1. The van der Waals surface area contributed by atoms with Crippen LogP contribution in [0, 0.1) is 0 Å². The first-order valence-electron chi connectivity index (χ1n) is 6.59. The first-order valence-corrected chi connectivity index (χ1v) is 6.59. The summed E-state index contributed by atoms with van der Waals surface area (Å²) in [4.78, 5) is 11.4. The number of carbonyl (C=O) groups is 1. The molecule has 0 atom stereocenters. The number of rotatable bonds is 4. The third-order valence-corrected chi connectivity index (χ3v) is 3.15. The molecule has 0 radical (unpaired) electrons. The van der Waals surface area contributed by atoms with E-state index in [-0.39, 0.29) is 5.76 Å². The molecule has 3 aromatic rings. The third-order valence-electron chi connectivity index (χ3n) is 3.15. The molecule has 3 rings (SSSR count). The number of anilines is 1. The van der Waals surface area contributed by atoms with Gasteiger partial charge in [-0.3, -0.25) is 0 Å². The molecule has 0 bridgehead atoms. The molecule has 7 nitrogen and oxygen atoms in total. The maximum absolute atomic E-state index is 11.4. The summed E-state index contributed by atoms with van der Waals surface area (Å²) in [5, 5.41) is 7.96. The number of carbonyl (C=O) groups excluding carboxylic acids is 1. The van der Waals surface area contributed by atoms with Gasteiger partial charge in [0.05, 0.1) is 19.0 Å². The Balaban J connectivity index is 1.87. The number of methoxy groups -OCH3 is 1. The monoisotopic (exact) mass is 298 g/mol. The Hall–Kier alpha value is -3.09. The van der Waals surface area contributed by atoms with Gasteiger partial charge in [-0.1, -0.05) is 17.3 Å². The lowest BCUT2D eigenvalue weighted by Gasteiger charge is -2.05. The minimum absolute atomic E-state index is 0.156. The van der Waals surface area contributed by atoms with Gasteiger partial charge in [-0.05, 0) is 24.3 Å². The number of aromatic nitrogens is 3. The van der Waals surface area contributed by atoms with Gasteiger partial charge in [0.25, 0.3) is 0 Å². The van der Waals surface area contributed by atoms with Gasteiger partial charge < -0.3 is 14.9 Å². The van der Waals surface area contributed by atoms with Crippen molar-refractivity contribution in [1.82, 2.24) is 15.0 Å². The minimum atomic E-state index is -0.513. The van der Waals surface area contributed by atoms with Crippen molar-refractivity contribution < 1.29 is 13.9 Å². The number of benzene rings is 1. The summed E-state index contributed by atoms with van der Waals surface area (Å²) in [6.45, 7) is 0.348. The SMILES string of the molecule is COC(=O)c1ccc(Cn2nncc2-c2cccc(N)c2)o1. The normalized spacial score (nSPS) is 10.6. The lowest BCUT2D eigenvalue weighted by Crippen LogP contribution is -2.04. The Bertz CT molecular complexity index is 806. The third kappa shape index (κ3) is 2.69. The number of nitrogens with zero attached hydrogens (tertiary/aromatic N) is 3. The first-order chi connectivity index (χ1) is 10.7. The highest BCUT2D eigenvalue weighted by atomic mass is 16.5. The van der Waals surface area contributed by atoms with E-state index < -0.39 is 5.97 Å². The molecule has 0 saturated carbocycles. The number of furan rings is 1. The molecule has 0 unspecified atom stereocenters. The smallest absolute Gasteiger partial charge is 0.373 e. The van der Waals surface area contributed by atoms with Crippen molar-refractivity contribution in [2.24, 2.45) is 0 Å². The van der Waals surface area contributed by atoms with Crippen LogP contribution in [-0.4, -0.2) is 28.1 Å². The summed E-state index contributed by atoms with van der Waals surface area (Å²) < 4.78 is 11.7. The van der Waals surface area contributed by atoms with E-state index in [4.69, 9.17) is 10.2 Å². The van der Waals surface area contributed by atoms with Crippen molar-refractivity contribution in [3.63, 3.8) is 0 Å². The van der Waals surface area contributed by atoms with Crippen molar-refractivity contribution in [3.8, 4) is 11.3 Å². The molecule has 112 valence electrons. The Labute approximate surface area is 126 Å². The van der Waals surface area contributed by atoms with E-state index in [9.17, 15) is 4.79 Å². The molecule has 0 aliphatic rings. The van der Waals surface area contributed by atoms with E-state index in [0.717, 1.165) is 11.3 Å². The summed E-state index contributed by atoms with van der Waals surface area (Å²) in [5.74, 6) is 0.222. The van der Waals surface area contributed by atoms with E-state index in [1.165, 1.54) is 7.11 Å². The van der Waals surface area contributed by atoms with E-state index >= 15 is 0 Å². The van der Waals surface area contributed by atoms with Crippen molar-refractivity contribution in [1.29, 1.82) is 0 Å². The molecule has 2 heterocycles. The molecule has 0 aliphatic heterocycles. The average Bonchev–Trinajstić information content (AvgIpc) is 3.16. The molecule has 22 heavy (non-hydrogen) atoms. The fourth-order valence-electron chi connectivity index (χ4n) is 2.12. The van der Waals surface area contributed by atoms with Crippen LogP contribution >= 0.6 is 0 Å². The average molecular weight is 298 g/mol. The molecule has 2 N–H and O–H groups in total. The van der Waals surface area contributed by atoms with E-state index in [2.05, 4.69) is 15.0 Å². The molecular formula is C15H14N4O3. The quantitative estimate of drug-likeness (QED) is 0.584. The van der Waals surface area contributed by atoms with Gasteiger partial charge in [0.15, 0.2) is 0 Å².